The highest BCUT2D eigenvalue weighted by atomic mass is 16.3. The molecule has 1 unspecified atom stereocenters. The van der Waals surface area contributed by atoms with Gasteiger partial charge in [-0.1, -0.05) is 12.1 Å². The summed E-state index contributed by atoms with van der Waals surface area (Å²) in [6.45, 7) is 2.47. The molecule has 0 saturated carbocycles. The molecule has 0 spiro atoms. The van der Waals surface area contributed by atoms with Gasteiger partial charge in [-0.05, 0) is 25.1 Å². The van der Waals surface area contributed by atoms with Crippen LogP contribution >= 0.6 is 0 Å². The van der Waals surface area contributed by atoms with Crippen molar-refractivity contribution in [2.75, 3.05) is 18.1 Å². The predicted octanol–water partition coefficient (Wildman–Crippen LogP) is 1.80. The van der Waals surface area contributed by atoms with Crippen molar-refractivity contribution in [3.63, 3.8) is 0 Å². The fourth-order valence-electron chi connectivity index (χ4n) is 2.60. The Morgan fingerprint density at radius 2 is 2.24 bits per heavy atom. The summed E-state index contributed by atoms with van der Waals surface area (Å²) in [5.74, 6) is 0.808. The zero-order chi connectivity index (χ0) is 14.8. The van der Waals surface area contributed by atoms with Crippen LogP contribution in [0.3, 0.4) is 0 Å². The number of aliphatic hydroxyl groups excluding tert-OH is 1. The minimum absolute atomic E-state index is 0.0300. The Balaban J connectivity index is 1.92. The number of hydrogen-bond donors (Lipinski definition) is 1. The fourth-order valence-corrected chi connectivity index (χ4v) is 2.60. The first kappa shape index (κ1) is 13.7. The van der Waals surface area contributed by atoms with Crippen LogP contribution in [0, 0.1) is 12.8 Å². The molecule has 1 saturated heterocycles. The van der Waals surface area contributed by atoms with Crippen molar-refractivity contribution in [2.45, 2.75) is 13.3 Å². The Morgan fingerprint density at radius 1 is 1.38 bits per heavy atom. The molecule has 3 rings (SSSR count). The van der Waals surface area contributed by atoms with Crippen LogP contribution in [0.1, 0.15) is 12.2 Å². The maximum atomic E-state index is 12.0. The summed E-state index contributed by atoms with van der Waals surface area (Å²) in [6, 6.07) is 9.61. The van der Waals surface area contributed by atoms with E-state index in [0.717, 1.165) is 22.8 Å². The summed E-state index contributed by atoms with van der Waals surface area (Å²) in [4.78, 5) is 22.3. The smallest absolute Gasteiger partial charge is 0.227 e. The van der Waals surface area contributed by atoms with Crippen LogP contribution in [0.2, 0.25) is 0 Å². The molecule has 108 valence electrons. The molecule has 2 aromatic rings. The van der Waals surface area contributed by atoms with E-state index < -0.39 is 0 Å². The van der Waals surface area contributed by atoms with Gasteiger partial charge in [-0.15, -0.1) is 0 Å². The summed E-state index contributed by atoms with van der Waals surface area (Å²) < 4.78 is 0. The third-order valence-electron chi connectivity index (χ3n) is 3.69. The topological polar surface area (TPSA) is 66.3 Å². The van der Waals surface area contributed by atoms with E-state index in [1.54, 1.807) is 11.1 Å². The van der Waals surface area contributed by atoms with Crippen molar-refractivity contribution < 1.29 is 9.90 Å². The molecule has 1 atom stereocenters. The maximum absolute atomic E-state index is 12.0. The zero-order valence-electron chi connectivity index (χ0n) is 11.9. The molecule has 0 bridgehead atoms. The Kier molecular flexibility index (Phi) is 3.66. The van der Waals surface area contributed by atoms with Gasteiger partial charge in [0.2, 0.25) is 5.91 Å². The molecule has 1 amide bonds. The summed E-state index contributed by atoms with van der Waals surface area (Å²) in [6.07, 6.45) is 2.14. The highest BCUT2D eigenvalue weighted by molar-refractivity contribution is 5.96. The van der Waals surface area contributed by atoms with Crippen LogP contribution in [0.25, 0.3) is 11.3 Å². The second-order valence-electron chi connectivity index (χ2n) is 5.30. The van der Waals surface area contributed by atoms with E-state index in [1.165, 1.54) is 0 Å². The molecular formula is C16H17N3O2. The molecule has 21 heavy (non-hydrogen) atoms. The van der Waals surface area contributed by atoms with Crippen LogP contribution in [0.4, 0.5) is 5.69 Å². The summed E-state index contributed by atoms with van der Waals surface area (Å²) in [5, 5.41) is 9.22. The zero-order valence-corrected chi connectivity index (χ0v) is 11.9. The SMILES string of the molecule is Cc1nccc(-c2cccc(N3CC(CO)CC3=O)c2)n1. The van der Waals surface area contributed by atoms with E-state index in [-0.39, 0.29) is 18.4 Å². The largest absolute Gasteiger partial charge is 0.396 e. The first-order chi connectivity index (χ1) is 10.2. The third kappa shape index (κ3) is 2.78. The van der Waals surface area contributed by atoms with Gasteiger partial charge in [0.25, 0.3) is 0 Å². The highest BCUT2D eigenvalue weighted by Crippen LogP contribution is 2.28. The van der Waals surface area contributed by atoms with E-state index in [2.05, 4.69) is 9.97 Å². The molecule has 5 nitrogen and oxygen atoms in total. The first-order valence-corrected chi connectivity index (χ1v) is 6.98. The summed E-state index contributed by atoms with van der Waals surface area (Å²) in [5.41, 5.74) is 2.65. The van der Waals surface area contributed by atoms with Crippen molar-refractivity contribution in [2.24, 2.45) is 5.92 Å². The quantitative estimate of drug-likeness (QED) is 0.932. The van der Waals surface area contributed by atoms with Crippen molar-refractivity contribution >= 4 is 11.6 Å². The van der Waals surface area contributed by atoms with Gasteiger partial charge in [0.05, 0.1) is 5.69 Å². The average molecular weight is 283 g/mol. The van der Waals surface area contributed by atoms with Crippen molar-refractivity contribution in [1.29, 1.82) is 0 Å². The summed E-state index contributed by atoms with van der Waals surface area (Å²) >= 11 is 0. The molecule has 1 fully saturated rings. The minimum Gasteiger partial charge on any atom is -0.396 e. The number of aryl methyl sites for hydroxylation is 1. The number of amides is 1. The number of carbonyl (C=O) groups is 1. The van der Waals surface area contributed by atoms with Crippen molar-refractivity contribution in [3.05, 3.63) is 42.4 Å². The van der Waals surface area contributed by atoms with Crippen LogP contribution in [0.5, 0.6) is 0 Å². The molecule has 0 radical (unpaired) electrons. The molecule has 1 aromatic carbocycles. The molecule has 1 aromatic heterocycles. The van der Waals surface area contributed by atoms with Gasteiger partial charge in [-0.2, -0.15) is 0 Å². The van der Waals surface area contributed by atoms with Crippen molar-refractivity contribution in [3.8, 4) is 11.3 Å². The molecular weight excluding hydrogens is 266 g/mol. The number of benzene rings is 1. The van der Waals surface area contributed by atoms with Gasteiger partial charge >= 0.3 is 0 Å². The van der Waals surface area contributed by atoms with Gasteiger partial charge in [0.1, 0.15) is 5.82 Å². The molecule has 1 N–H and O–H groups in total. The van der Waals surface area contributed by atoms with Crippen LogP contribution in [-0.4, -0.2) is 34.1 Å². The molecule has 0 aliphatic carbocycles. The van der Waals surface area contributed by atoms with Crippen LogP contribution in [-0.2, 0) is 4.79 Å². The monoisotopic (exact) mass is 283 g/mol. The number of hydrogen-bond acceptors (Lipinski definition) is 4. The van der Waals surface area contributed by atoms with E-state index in [9.17, 15) is 9.90 Å². The Morgan fingerprint density at radius 3 is 2.95 bits per heavy atom. The van der Waals surface area contributed by atoms with Crippen LogP contribution < -0.4 is 4.90 Å². The Bertz CT molecular complexity index is 672. The third-order valence-corrected chi connectivity index (χ3v) is 3.69. The number of aromatic nitrogens is 2. The maximum Gasteiger partial charge on any atom is 0.227 e. The number of aliphatic hydroxyl groups is 1. The van der Waals surface area contributed by atoms with Crippen LogP contribution in [0.15, 0.2) is 36.5 Å². The number of carbonyl (C=O) groups excluding carboxylic acids is 1. The van der Waals surface area contributed by atoms with E-state index in [0.29, 0.717) is 13.0 Å². The number of nitrogens with zero attached hydrogens (tertiary/aromatic N) is 3. The van der Waals surface area contributed by atoms with Crippen molar-refractivity contribution in [1.82, 2.24) is 9.97 Å². The second-order valence-corrected chi connectivity index (χ2v) is 5.30. The van der Waals surface area contributed by atoms with E-state index in [4.69, 9.17) is 0 Å². The lowest BCUT2D eigenvalue weighted by Crippen LogP contribution is -2.24. The number of rotatable bonds is 3. The molecule has 2 heterocycles. The van der Waals surface area contributed by atoms with Gasteiger partial charge < -0.3 is 10.0 Å². The lowest BCUT2D eigenvalue weighted by atomic mass is 10.1. The van der Waals surface area contributed by atoms with Gasteiger partial charge in [0, 0.05) is 42.9 Å². The van der Waals surface area contributed by atoms with E-state index >= 15 is 0 Å². The molecule has 5 heteroatoms. The minimum atomic E-state index is 0.0300. The van der Waals surface area contributed by atoms with Gasteiger partial charge in [-0.25, -0.2) is 9.97 Å². The fraction of sp³-hybridized carbons (Fsp3) is 0.312. The second kappa shape index (κ2) is 5.61. The predicted molar refractivity (Wildman–Crippen MR) is 79.8 cm³/mol. The lowest BCUT2D eigenvalue weighted by molar-refractivity contribution is -0.117. The standard InChI is InChI=1S/C16H17N3O2/c1-11-17-6-5-15(18-11)13-3-2-4-14(8-13)19-9-12(10-20)7-16(19)21/h2-6,8,12,20H,7,9-10H2,1H3. The van der Waals surface area contributed by atoms with Gasteiger partial charge in [-0.3, -0.25) is 4.79 Å². The summed E-state index contributed by atoms with van der Waals surface area (Å²) in [7, 11) is 0. The average Bonchev–Trinajstić information content (AvgIpc) is 2.89. The highest BCUT2D eigenvalue weighted by Gasteiger charge is 2.30. The number of anilines is 1. The normalized spacial score (nSPS) is 18.3. The van der Waals surface area contributed by atoms with Gasteiger partial charge in [0.15, 0.2) is 0 Å². The first-order valence-electron chi connectivity index (χ1n) is 6.98. The lowest BCUT2D eigenvalue weighted by Gasteiger charge is -2.17. The molecule has 1 aliphatic heterocycles. The Labute approximate surface area is 123 Å². The Hall–Kier alpha value is -2.27. The van der Waals surface area contributed by atoms with E-state index in [1.807, 2.05) is 37.3 Å². The molecule has 1 aliphatic rings.